The number of nitrogens with zero attached hydrogens (tertiary/aromatic N) is 1. The van der Waals surface area contributed by atoms with Crippen molar-refractivity contribution in [3.8, 4) is 0 Å². The highest BCUT2D eigenvalue weighted by molar-refractivity contribution is 5.76. The Bertz CT molecular complexity index is 467. The van der Waals surface area contributed by atoms with Crippen LogP contribution in [-0.4, -0.2) is 36.1 Å². The Kier molecular flexibility index (Phi) is 5.27. The summed E-state index contributed by atoms with van der Waals surface area (Å²) in [6, 6.07) is 7.14. The predicted molar refractivity (Wildman–Crippen MR) is 87.6 cm³/mol. The largest absolute Gasteiger partial charge is 0.370 e. The summed E-state index contributed by atoms with van der Waals surface area (Å²) in [5.74, 6) is 1.67. The number of pyridine rings is 1. The lowest BCUT2D eigenvalue weighted by molar-refractivity contribution is -0.122. The third-order valence-corrected chi connectivity index (χ3v) is 4.69. The van der Waals surface area contributed by atoms with Crippen molar-refractivity contribution in [2.45, 2.75) is 50.6 Å². The van der Waals surface area contributed by atoms with Crippen LogP contribution in [0.15, 0.2) is 24.4 Å². The van der Waals surface area contributed by atoms with E-state index < -0.39 is 0 Å². The molecule has 1 amide bonds. The van der Waals surface area contributed by atoms with Crippen molar-refractivity contribution in [1.82, 2.24) is 15.6 Å². The van der Waals surface area contributed by atoms with Crippen LogP contribution in [0.3, 0.4) is 0 Å². The summed E-state index contributed by atoms with van der Waals surface area (Å²) in [7, 11) is 0. The molecule has 3 heterocycles. The van der Waals surface area contributed by atoms with Gasteiger partial charge in [0.15, 0.2) is 0 Å². The second-order valence-corrected chi connectivity index (χ2v) is 6.52. The number of rotatable bonds is 7. The summed E-state index contributed by atoms with van der Waals surface area (Å²) in [6.45, 7) is 1.56. The average molecular weight is 302 g/mol. The van der Waals surface area contributed by atoms with Gasteiger partial charge in [0.1, 0.15) is 5.82 Å². The molecule has 2 atom stereocenters. The third kappa shape index (κ3) is 4.44. The summed E-state index contributed by atoms with van der Waals surface area (Å²) >= 11 is 0. The second kappa shape index (κ2) is 7.58. The van der Waals surface area contributed by atoms with Gasteiger partial charge < -0.3 is 16.0 Å². The Balaban J connectivity index is 1.27. The molecule has 2 bridgehead atoms. The Morgan fingerprint density at radius 1 is 1.23 bits per heavy atom. The van der Waals surface area contributed by atoms with Crippen molar-refractivity contribution < 1.29 is 4.79 Å². The highest BCUT2D eigenvalue weighted by Crippen LogP contribution is 2.32. The van der Waals surface area contributed by atoms with E-state index in [0.29, 0.717) is 24.4 Å². The first-order valence-electron chi connectivity index (χ1n) is 8.47. The molecular formula is C17H26N4O. The number of piperidine rings is 1. The van der Waals surface area contributed by atoms with Crippen LogP contribution in [0.5, 0.6) is 0 Å². The molecule has 2 saturated heterocycles. The van der Waals surface area contributed by atoms with Gasteiger partial charge in [-0.25, -0.2) is 4.98 Å². The van der Waals surface area contributed by atoms with Crippen molar-refractivity contribution in [1.29, 1.82) is 0 Å². The summed E-state index contributed by atoms with van der Waals surface area (Å²) in [5, 5.41) is 9.92. The molecule has 3 rings (SSSR count). The lowest BCUT2D eigenvalue weighted by Gasteiger charge is -2.28. The normalized spacial score (nSPS) is 26.6. The monoisotopic (exact) mass is 302 g/mol. The molecule has 2 aliphatic heterocycles. The molecule has 0 aromatic carbocycles. The minimum atomic E-state index is 0.212. The molecule has 5 heteroatoms. The van der Waals surface area contributed by atoms with Gasteiger partial charge >= 0.3 is 0 Å². The molecule has 1 aromatic heterocycles. The molecule has 120 valence electrons. The number of hydrogen-bond acceptors (Lipinski definition) is 4. The van der Waals surface area contributed by atoms with Gasteiger partial charge in [-0.3, -0.25) is 4.79 Å². The van der Waals surface area contributed by atoms with Crippen molar-refractivity contribution in [2.75, 3.05) is 18.4 Å². The highest BCUT2D eigenvalue weighted by Gasteiger charge is 2.33. The van der Waals surface area contributed by atoms with Gasteiger partial charge in [0.2, 0.25) is 5.91 Å². The van der Waals surface area contributed by atoms with Crippen LogP contribution in [0.4, 0.5) is 5.82 Å². The fourth-order valence-corrected chi connectivity index (χ4v) is 3.68. The van der Waals surface area contributed by atoms with Crippen LogP contribution in [-0.2, 0) is 4.79 Å². The van der Waals surface area contributed by atoms with Crippen LogP contribution < -0.4 is 16.0 Å². The van der Waals surface area contributed by atoms with Crippen molar-refractivity contribution in [3.05, 3.63) is 24.4 Å². The van der Waals surface area contributed by atoms with Gasteiger partial charge in [-0.2, -0.15) is 0 Å². The van der Waals surface area contributed by atoms with E-state index in [4.69, 9.17) is 0 Å². The molecule has 22 heavy (non-hydrogen) atoms. The van der Waals surface area contributed by atoms with E-state index >= 15 is 0 Å². The fraction of sp³-hybridized carbons (Fsp3) is 0.647. The smallest absolute Gasteiger partial charge is 0.220 e. The standard InChI is InChI=1S/C17H26N4O/c22-17(12-13-10-14-5-6-15(11-13)21-14)20-9-3-8-19-16-4-1-2-7-18-16/h1-2,4,7,13-15,21H,3,5-6,8-12H2,(H,18,19)(H,20,22). The van der Waals surface area contributed by atoms with Gasteiger partial charge in [0.25, 0.3) is 0 Å². The molecular weight excluding hydrogens is 276 g/mol. The van der Waals surface area contributed by atoms with Crippen molar-refractivity contribution in [2.24, 2.45) is 5.92 Å². The predicted octanol–water partition coefficient (Wildman–Crippen LogP) is 1.92. The maximum absolute atomic E-state index is 12.0. The number of aromatic nitrogens is 1. The summed E-state index contributed by atoms with van der Waals surface area (Å²) in [4.78, 5) is 16.2. The molecule has 0 aliphatic carbocycles. The Morgan fingerprint density at radius 3 is 2.77 bits per heavy atom. The highest BCUT2D eigenvalue weighted by atomic mass is 16.1. The molecule has 0 radical (unpaired) electrons. The minimum Gasteiger partial charge on any atom is -0.370 e. The number of amides is 1. The average Bonchev–Trinajstić information content (AvgIpc) is 2.87. The third-order valence-electron chi connectivity index (χ3n) is 4.69. The maximum Gasteiger partial charge on any atom is 0.220 e. The van der Waals surface area contributed by atoms with Gasteiger partial charge in [-0.1, -0.05) is 6.07 Å². The second-order valence-electron chi connectivity index (χ2n) is 6.52. The Labute approximate surface area is 132 Å². The zero-order valence-electron chi connectivity index (χ0n) is 13.1. The van der Waals surface area contributed by atoms with Crippen LogP contribution in [0, 0.1) is 5.92 Å². The van der Waals surface area contributed by atoms with E-state index in [2.05, 4.69) is 20.9 Å². The first kappa shape index (κ1) is 15.3. The number of carbonyl (C=O) groups is 1. The molecule has 2 aliphatic rings. The molecule has 1 aromatic rings. The maximum atomic E-state index is 12.0. The molecule has 0 spiro atoms. The number of carbonyl (C=O) groups excluding carboxylic acids is 1. The fourth-order valence-electron chi connectivity index (χ4n) is 3.68. The van der Waals surface area contributed by atoms with Crippen LogP contribution in [0.1, 0.15) is 38.5 Å². The van der Waals surface area contributed by atoms with E-state index in [1.54, 1.807) is 6.20 Å². The van der Waals surface area contributed by atoms with E-state index in [9.17, 15) is 4.79 Å². The van der Waals surface area contributed by atoms with E-state index in [1.807, 2.05) is 18.2 Å². The summed E-state index contributed by atoms with van der Waals surface area (Å²) < 4.78 is 0. The first-order valence-corrected chi connectivity index (χ1v) is 8.47. The number of hydrogen-bond donors (Lipinski definition) is 3. The number of anilines is 1. The number of nitrogens with one attached hydrogen (secondary N) is 3. The molecule has 0 saturated carbocycles. The topological polar surface area (TPSA) is 66.1 Å². The van der Waals surface area contributed by atoms with Crippen LogP contribution in [0.2, 0.25) is 0 Å². The Hall–Kier alpha value is -1.62. The minimum absolute atomic E-state index is 0.212. The molecule has 5 nitrogen and oxygen atoms in total. The van der Waals surface area contributed by atoms with E-state index in [1.165, 1.54) is 25.7 Å². The van der Waals surface area contributed by atoms with Gasteiger partial charge in [-0.05, 0) is 50.2 Å². The van der Waals surface area contributed by atoms with Gasteiger partial charge in [0.05, 0.1) is 0 Å². The van der Waals surface area contributed by atoms with Crippen molar-refractivity contribution >= 4 is 11.7 Å². The van der Waals surface area contributed by atoms with Crippen LogP contribution in [0.25, 0.3) is 0 Å². The lowest BCUT2D eigenvalue weighted by atomic mass is 9.89. The van der Waals surface area contributed by atoms with Gasteiger partial charge in [0, 0.05) is 37.8 Å². The first-order chi connectivity index (χ1) is 10.8. The molecule has 3 N–H and O–H groups in total. The van der Waals surface area contributed by atoms with Crippen LogP contribution >= 0.6 is 0 Å². The van der Waals surface area contributed by atoms with Gasteiger partial charge in [-0.15, -0.1) is 0 Å². The SMILES string of the molecule is O=C(CC1CC2CCC(C1)N2)NCCCNc1ccccn1. The summed E-state index contributed by atoms with van der Waals surface area (Å²) in [5.41, 5.74) is 0. The van der Waals surface area contributed by atoms with E-state index in [-0.39, 0.29) is 5.91 Å². The quantitative estimate of drug-likeness (QED) is 0.673. The molecule has 2 fully saturated rings. The lowest BCUT2D eigenvalue weighted by Crippen LogP contribution is -2.39. The Morgan fingerprint density at radius 2 is 2.05 bits per heavy atom. The summed E-state index contributed by atoms with van der Waals surface area (Å²) in [6.07, 6.45) is 8.32. The zero-order valence-corrected chi connectivity index (χ0v) is 13.1. The van der Waals surface area contributed by atoms with Crippen molar-refractivity contribution in [3.63, 3.8) is 0 Å². The molecule has 2 unspecified atom stereocenters. The number of fused-ring (bicyclic) bond motifs is 2. The van der Waals surface area contributed by atoms with E-state index in [0.717, 1.165) is 25.3 Å². The zero-order chi connectivity index (χ0) is 15.2.